The third-order valence-electron chi connectivity index (χ3n) is 4.07. The summed E-state index contributed by atoms with van der Waals surface area (Å²) >= 11 is 5.83. The van der Waals surface area contributed by atoms with E-state index in [1.165, 1.54) is 0 Å². The first-order chi connectivity index (χ1) is 13.0. The van der Waals surface area contributed by atoms with Crippen LogP contribution in [-0.4, -0.2) is 24.5 Å². The van der Waals surface area contributed by atoms with Crippen LogP contribution in [0.15, 0.2) is 48.5 Å². The molecule has 0 saturated heterocycles. The van der Waals surface area contributed by atoms with Crippen LogP contribution in [-0.2, 0) is 4.79 Å². The predicted molar refractivity (Wildman–Crippen MR) is 108 cm³/mol. The Balaban J connectivity index is 1.83. The Bertz CT molecular complexity index is 762. The maximum atomic E-state index is 12.4. The smallest absolute Gasteiger partial charge is 0.253 e. The van der Waals surface area contributed by atoms with Crippen LogP contribution in [0, 0.1) is 0 Å². The van der Waals surface area contributed by atoms with E-state index in [1.54, 1.807) is 48.5 Å². The van der Waals surface area contributed by atoms with Crippen molar-refractivity contribution < 1.29 is 14.3 Å². The number of benzene rings is 2. The number of amides is 2. The molecule has 0 bridgehead atoms. The van der Waals surface area contributed by atoms with Crippen molar-refractivity contribution in [3.8, 4) is 5.75 Å². The van der Waals surface area contributed by atoms with E-state index in [0.717, 1.165) is 6.42 Å². The zero-order valence-electron chi connectivity index (χ0n) is 15.6. The van der Waals surface area contributed by atoms with Gasteiger partial charge in [-0.3, -0.25) is 9.59 Å². The lowest BCUT2D eigenvalue weighted by atomic mass is 10.1. The first-order valence-electron chi connectivity index (χ1n) is 9.07. The van der Waals surface area contributed by atoms with Gasteiger partial charge < -0.3 is 15.4 Å². The van der Waals surface area contributed by atoms with Gasteiger partial charge in [0.05, 0.1) is 17.9 Å². The fraction of sp³-hybridized carbons (Fsp3) is 0.333. The number of hydrogen-bond acceptors (Lipinski definition) is 3. The van der Waals surface area contributed by atoms with E-state index in [1.807, 2.05) is 13.8 Å². The van der Waals surface area contributed by atoms with Crippen molar-refractivity contribution in [2.75, 3.05) is 11.9 Å². The summed E-state index contributed by atoms with van der Waals surface area (Å²) in [4.78, 5) is 24.6. The molecule has 6 heteroatoms. The third-order valence-corrected chi connectivity index (χ3v) is 4.32. The Labute approximate surface area is 165 Å². The van der Waals surface area contributed by atoms with Crippen LogP contribution in [0.25, 0.3) is 0 Å². The lowest BCUT2D eigenvalue weighted by molar-refractivity contribution is -0.116. The summed E-state index contributed by atoms with van der Waals surface area (Å²) in [6.45, 7) is 4.37. The van der Waals surface area contributed by atoms with E-state index >= 15 is 0 Å². The topological polar surface area (TPSA) is 67.4 Å². The Morgan fingerprint density at radius 2 is 1.81 bits per heavy atom. The van der Waals surface area contributed by atoms with E-state index in [-0.39, 0.29) is 17.9 Å². The van der Waals surface area contributed by atoms with E-state index in [2.05, 4.69) is 10.6 Å². The fourth-order valence-corrected chi connectivity index (χ4v) is 2.49. The van der Waals surface area contributed by atoms with Crippen molar-refractivity contribution in [2.24, 2.45) is 0 Å². The molecule has 1 atom stereocenters. The number of rotatable bonds is 9. The van der Waals surface area contributed by atoms with Crippen molar-refractivity contribution >= 4 is 29.1 Å². The Morgan fingerprint density at radius 1 is 1.11 bits per heavy atom. The lowest BCUT2D eigenvalue weighted by Gasteiger charge is -2.14. The molecule has 2 aromatic rings. The highest BCUT2D eigenvalue weighted by molar-refractivity contribution is 6.30. The molecule has 0 saturated carbocycles. The SMILES string of the molecule is CC[C@H](C)NC(=O)c1ccccc1NC(=O)CCCOc1ccc(Cl)cc1. The zero-order valence-corrected chi connectivity index (χ0v) is 16.4. The average molecular weight is 389 g/mol. The second-order valence-corrected chi connectivity index (χ2v) is 6.72. The summed E-state index contributed by atoms with van der Waals surface area (Å²) in [5, 5.41) is 6.38. The van der Waals surface area contributed by atoms with Gasteiger partial charge in [0.15, 0.2) is 0 Å². The molecule has 0 unspecified atom stereocenters. The molecule has 0 aliphatic carbocycles. The van der Waals surface area contributed by atoms with E-state index in [9.17, 15) is 9.59 Å². The van der Waals surface area contributed by atoms with Gasteiger partial charge in [-0.2, -0.15) is 0 Å². The maximum absolute atomic E-state index is 12.4. The molecule has 0 radical (unpaired) electrons. The average Bonchev–Trinajstić information content (AvgIpc) is 2.67. The number of halogens is 1. The summed E-state index contributed by atoms with van der Waals surface area (Å²) in [7, 11) is 0. The molecule has 0 heterocycles. The first-order valence-corrected chi connectivity index (χ1v) is 9.45. The van der Waals surface area contributed by atoms with Crippen molar-refractivity contribution in [1.29, 1.82) is 0 Å². The number of anilines is 1. The van der Waals surface area contributed by atoms with Crippen LogP contribution < -0.4 is 15.4 Å². The number of carbonyl (C=O) groups is 2. The highest BCUT2D eigenvalue weighted by Gasteiger charge is 2.14. The van der Waals surface area contributed by atoms with E-state index < -0.39 is 0 Å². The molecule has 0 spiro atoms. The van der Waals surface area contributed by atoms with Crippen LogP contribution in [0.5, 0.6) is 5.75 Å². The summed E-state index contributed by atoms with van der Waals surface area (Å²) in [6, 6.07) is 14.2. The van der Waals surface area contributed by atoms with Gasteiger partial charge in [-0.25, -0.2) is 0 Å². The first kappa shape index (κ1) is 20.8. The number of nitrogens with one attached hydrogen (secondary N) is 2. The van der Waals surface area contributed by atoms with Crippen molar-refractivity contribution in [3.63, 3.8) is 0 Å². The monoisotopic (exact) mass is 388 g/mol. The summed E-state index contributed by atoms with van der Waals surface area (Å²) in [6.07, 6.45) is 1.71. The van der Waals surface area contributed by atoms with Crippen molar-refractivity contribution in [3.05, 3.63) is 59.1 Å². The van der Waals surface area contributed by atoms with Gasteiger partial charge in [0.25, 0.3) is 5.91 Å². The quantitative estimate of drug-likeness (QED) is 0.613. The molecule has 5 nitrogen and oxygen atoms in total. The number of carbonyl (C=O) groups excluding carboxylic acids is 2. The van der Waals surface area contributed by atoms with Crippen LogP contribution in [0.2, 0.25) is 5.02 Å². The lowest BCUT2D eigenvalue weighted by Crippen LogP contribution is -2.32. The molecular formula is C21H25ClN2O3. The van der Waals surface area contributed by atoms with Gasteiger partial charge in [-0.15, -0.1) is 0 Å². The molecule has 144 valence electrons. The van der Waals surface area contributed by atoms with Gasteiger partial charge >= 0.3 is 0 Å². The Kier molecular flexibility index (Phi) is 8.14. The molecule has 0 aliphatic heterocycles. The minimum atomic E-state index is -0.189. The van der Waals surface area contributed by atoms with Crippen LogP contribution in [0.1, 0.15) is 43.5 Å². The van der Waals surface area contributed by atoms with Crippen LogP contribution in [0.4, 0.5) is 5.69 Å². The highest BCUT2D eigenvalue weighted by atomic mass is 35.5. The molecule has 0 fully saturated rings. The maximum Gasteiger partial charge on any atom is 0.253 e. The van der Waals surface area contributed by atoms with E-state index in [4.69, 9.17) is 16.3 Å². The zero-order chi connectivity index (χ0) is 19.6. The Morgan fingerprint density at radius 3 is 2.52 bits per heavy atom. The fourth-order valence-electron chi connectivity index (χ4n) is 2.36. The van der Waals surface area contributed by atoms with Gasteiger partial charge in [0.2, 0.25) is 5.91 Å². The summed E-state index contributed by atoms with van der Waals surface area (Å²) < 4.78 is 5.58. The minimum absolute atomic E-state index is 0.0753. The number of ether oxygens (including phenoxy) is 1. The van der Waals surface area contributed by atoms with Gasteiger partial charge in [0.1, 0.15) is 5.75 Å². The number of hydrogen-bond donors (Lipinski definition) is 2. The molecule has 2 rings (SSSR count). The summed E-state index contributed by atoms with van der Waals surface area (Å²) in [5.74, 6) is 0.372. The standard InChI is InChI=1S/C21H25ClN2O3/c1-3-15(2)23-21(26)18-7-4-5-8-19(18)24-20(25)9-6-14-27-17-12-10-16(22)11-13-17/h4-5,7-8,10-13,15H,3,6,9,14H2,1-2H3,(H,23,26)(H,24,25)/t15-/m0/s1. The van der Waals surface area contributed by atoms with Gasteiger partial charge in [-0.05, 0) is 56.2 Å². The molecule has 2 N–H and O–H groups in total. The second kappa shape index (κ2) is 10.6. The van der Waals surface area contributed by atoms with Crippen molar-refractivity contribution in [1.82, 2.24) is 5.32 Å². The molecule has 0 aliphatic rings. The van der Waals surface area contributed by atoms with Crippen LogP contribution >= 0.6 is 11.6 Å². The summed E-state index contributed by atoms with van der Waals surface area (Å²) in [5.41, 5.74) is 0.977. The van der Waals surface area contributed by atoms with Gasteiger partial charge in [0, 0.05) is 17.5 Å². The third kappa shape index (κ3) is 6.94. The normalized spacial score (nSPS) is 11.5. The minimum Gasteiger partial charge on any atom is -0.494 e. The highest BCUT2D eigenvalue weighted by Crippen LogP contribution is 2.17. The predicted octanol–water partition coefficient (Wildman–Crippen LogP) is 4.67. The molecule has 2 aromatic carbocycles. The molecule has 27 heavy (non-hydrogen) atoms. The molecule has 2 amide bonds. The van der Waals surface area contributed by atoms with Crippen molar-refractivity contribution in [2.45, 2.75) is 39.2 Å². The number of para-hydroxylation sites is 1. The molecular weight excluding hydrogens is 364 g/mol. The second-order valence-electron chi connectivity index (χ2n) is 6.28. The Hall–Kier alpha value is -2.53. The largest absolute Gasteiger partial charge is 0.494 e. The van der Waals surface area contributed by atoms with Gasteiger partial charge in [-0.1, -0.05) is 30.7 Å². The van der Waals surface area contributed by atoms with E-state index in [0.29, 0.717) is 41.5 Å². The molecule has 0 aromatic heterocycles. The van der Waals surface area contributed by atoms with Crippen LogP contribution in [0.3, 0.4) is 0 Å².